The smallest absolute Gasteiger partial charge is 0.227 e. The first-order valence-electron chi connectivity index (χ1n) is 6.36. The van der Waals surface area contributed by atoms with Crippen LogP contribution in [0, 0.1) is 17.2 Å². The number of nitrogens with one attached hydrogen (secondary N) is 1. The third-order valence-electron chi connectivity index (χ3n) is 3.44. The lowest BCUT2D eigenvalue weighted by molar-refractivity contribution is -0.120. The molecule has 2 unspecified atom stereocenters. The fourth-order valence-corrected chi connectivity index (χ4v) is 2.61. The molecule has 1 aliphatic rings. The van der Waals surface area contributed by atoms with E-state index >= 15 is 0 Å². The summed E-state index contributed by atoms with van der Waals surface area (Å²) in [7, 11) is 0. The van der Waals surface area contributed by atoms with Gasteiger partial charge in [-0.3, -0.25) is 4.79 Å². The molecule has 4 nitrogen and oxygen atoms in total. The predicted molar refractivity (Wildman–Crippen MR) is 74.7 cm³/mol. The van der Waals surface area contributed by atoms with Gasteiger partial charge < -0.3 is 11.1 Å². The van der Waals surface area contributed by atoms with E-state index in [1.54, 1.807) is 18.2 Å². The standard InChI is InChI=1S/C14H16ClN3O/c15-12-6-9(8-16)4-5-13(12)18-14(19)10-2-1-3-11(17)7-10/h4-6,10-11H,1-3,7,17H2,(H,18,19). The molecule has 0 aromatic heterocycles. The number of hydrogen-bond donors (Lipinski definition) is 2. The van der Waals surface area contributed by atoms with Crippen molar-refractivity contribution < 1.29 is 4.79 Å². The molecule has 1 amide bonds. The van der Waals surface area contributed by atoms with Crippen molar-refractivity contribution in [3.8, 4) is 6.07 Å². The molecule has 0 radical (unpaired) electrons. The van der Waals surface area contributed by atoms with Gasteiger partial charge in [-0.2, -0.15) is 5.26 Å². The quantitative estimate of drug-likeness (QED) is 0.872. The maximum atomic E-state index is 12.1. The van der Waals surface area contributed by atoms with E-state index in [1.807, 2.05) is 6.07 Å². The van der Waals surface area contributed by atoms with Crippen LogP contribution in [0.4, 0.5) is 5.69 Å². The van der Waals surface area contributed by atoms with E-state index in [9.17, 15) is 4.79 Å². The normalized spacial score (nSPS) is 22.6. The summed E-state index contributed by atoms with van der Waals surface area (Å²) in [5, 5.41) is 12.0. The van der Waals surface area contributed by atoms with E-state index < -0.39 is 0 Å². The second kappa shape index (κ2) is 6.05. The molecule has 1 aliphatic carbocycles. The third kappa shape index (κ3) is 3.46. The summed E-state index contributed by atoms with van der Waals surface area (Å²) in [6.07, 6.45) is 3.56. The summed E-state index contributed by atoms with van der Waals surface area (Å²) in [4.78, 5) is 12.1. The van der Waals surface area contributed by atoms with Gasteiger partial charge in [0.25, 0.3) is 0 Å². The lowest BCUT2D eigenvalue weighted by Gasteiger charge is -2.25. The molecular formula is C14H16ClN3O. The zero-order valence-corrected chi connectivity index (χ0v) is 11.3. The van der Waals surface area contributed by atoms with Gasteiger partial charge in [0.1, 0.15) is 0 Å². The molecular weight excluding hydrogens is 262 g/mol. The Labute approximate surface area is 117 Å². The summed E-state index contributed by atoms with van der Waals surface area (Å²) in [6.45, 7) is 0. The number of nitrogens with zero attached hydrogens (tertiary/aromatic N) is 1. The number of benzene rings is 1. The molecule has 0 aliphatic heterocycles. The molecule has 100 valence electrons. The number of anilines is 1. The number of amides is 1. The van der Waals surface area contributed by atoms with Crippen molar-refractivity contribution in [2.24, 2.45) is 11.7 Å². The Hall–Kier alpha value is -1.57. The highest BCUT2D eigenvalue weighted by atomic mass is 35.5. The fourth-order valence-electron chi connectivity index (χ4n) is 2.39. The van der Waals surface area contributed by atoms with Gasteiger partial charge in [0.15, 0.2) is 0 Å². The molecule has 2 rings (SSSR count). The summed E-state index contributed by atoms with van der Waals surface area (Å²) in [5.74, 6) is -0.0859. The average molecular weight is 278 g/mol. The molecule has 0 bridgehead atoms. The van der Waals surface area contributed by atoms with Gasteiger partial charge in [0.2, 0.25) is 5.91 Å². The van der Waals surface area contributed by atoms with Crippen LogP contribution < -0.4 is 11.1 Å². The number of nitriles is 1. The Kier molecular flexibility index (Phi) is 4.41. The van der Waals surface area contributed by atoms with Gasteiger partial charge in [-0.1, -0.05) is 18.0 Å². The zero-order valence-electron chi connectivity index (χ0n) is 10.5. The number of rotatable bonds is 2. The van der Waals surface area contributed by atoms with Crippen molar-refractivity contribution in [2.45, 2.75) is 31.7 Å². The first-order chi connectivity index (χ1) is 9.10. The minimum absolute atomic E-state index is 0.0400. The summed E-state index contributed by atoms with van der Waals surface area (Å²) in [5.41, 5.74) is 6.90. The van der Waals surface area contributed by atoms with E-state index in [4.69, 9.17) is 22.6 Å². The average Bonchev–Trinajstić information content (AvgIpc) is 2.41. The molecule has 0 saturated heterocycles. The van der Waals surface area contributed by atoms with Crippen LogP contribution in [0.3, 0.4) is 0 Å². The minimum atomic E-state index is -0.0459. The molecule has 1 fully saturated rings. The highest BCUT2D eigenvalue weighted by Gasteiger charge is 2.25. The monoisotopic (exact) mass is 277 g/mol. The van der Waals surface area contributed by atoms with Gasteiger partial charge in [-0.15, -0.1) is 0 Å². The number of hydrogen-bond acceptors (Lipinski definition) is 3. The largest absolute Gasteiger partial charge is 0.328 e. The summed E-state index contributed by atoms with van der Waals surface area (Å²) >= 11 is 6.03. The molecule has 1 aromatic carbocycles. The van der Waals surface area contributed by atoms with Gasteiger partial charge in [-0.05, 0) is 37.5 Å². The Morgan fingerprint density at radius 2 is 2.26 bits per heavy atom. The molecule has 1 aromatic rings. The topological polar surface area (TPSA) is 78.9 Å². The number of carbonyl (C=O) groups is 1. The molecule has 1 saturated carbocycles. The summed E-state index contributed by atoms with van der Waals surface area (Å²) < 4.78 is 0. The lowest BCUT2D eigenvalue weighted by Crippen LogP contribution is -2.34. The number of carbonyl (C=O) groups excluding carboxylic acids is 1. The second-order valence-corrected chi connectivity index (χ2v) is 5.33. The molecule has 3 N–H and O–H groups in total. The van der Waals surface area contributed by atoms with E-state index in [1.165, 1.54) is 0 Å². The first-order valence-corrected chi connectivity index (χ1v) is 6.74. The Morgan fingerprint density at radius 1 is 1.47 bits per heavy atom. The van der Waals surface area contributed by atoms with Gasteiger partial charge in [0.05, 0.1) is 22.3 Å². The van der Waals surface area contributed by atoms with Crippen molar-refractivity contribution in [1.29, 1.82) is 5.26 Å². The molecule has 2 atom stereocenters. The van der Waals surface area contributed by atoms with Crippen LogP contribution >= 0.6 is 11.6 Å². The van der Waals surface area contributed by atoms with Crippen LogP contribution in [0.1, 0.15) is 31.2 Å². The fraction of sp³-hybridized carbons (Fsp3) is 0.429. The van der Waals surface area contributed by atoms with Crippen molar-refractivity contribution in [1.82, 2.24) is 0 Å². The van der Waals surface area contributed by atoms with Crippen LogP contribution in [0.2, 0.25) is 5.02 Å². The van der Waals surface area contributed by atoms with Crippen molar-refractivity contribution in [2.75, 3.05) is 5.32 Å². The predicted octanol–water partition coefficient (Wildman–Crippen LogP) is 2.67. The molecule has 0 spiro atoms. The van der Waals surface area contributed by atoms with Crippen LogP contribution in [0.5, 0.6) is 0 Å². The number of nitrogens with two attached hydrogens (primary N) is 1. The van der Waals surface area contributed by atoms with E-state index in [2.05, 4.69) is 5.32 Å². The second-order valence-electron chi connectivity index (χ2n) is 4.92. The van der Waals surface area contributed by atoms with Crippen LogP contribution in [-0.4, -0.2) is 11.9 Å². The Bertz CT molecular complexity index is 524. The maximum Gasteiger partial charge on any atom is 0.227 e. The molecule has 5 heteroatoms. The van der Waals surface area contributed by atoms with Gasteiger partial charge >= 0.3 is 0 Å². The first kappa shape index (κ1) is 13.9. The maximum absolute atomic E-state index is 12.1. The van der Waals surface area contributed by atoms with E-state index in [0.717, 1.165) is 25.7 Å². The lowest BCUT2D eigenvalue weighted by atomic mass is 9.85. The summed E-state index contributed by atoms with van der Waals surface area (Å²) in [6, 6.07) is 6.95. The van der Waals surface area contributed by atoms with Crippen molar-refractivity contribution in [3.05, 3.63) is 28.8 Å². The van der Waals surface area contributed by atoms with Gasteiger partial charge in [0, 0.05) is 12.0 Å². The molecule has 19 heavy (non-hydrogen) atoms. The van der Waals surface area contributed by atoms with Crippen molar-refractivity contribution in [3.63, 3.8) is 0 Å². The van der Waals surface area contributed by atoms with Crippen LogP contribution in [-0.2, 0) is 4.79 Å². The zero-order chi connectivity index (χ0) is 13.8. The molecule has 0 heterocycles. The Morgan fingerprint density at radius 3 is 2.89 bits per heavy atom. The van der Waals surface area contributed by atoms with Crippen molar-refractivity contribution >= 4 is 23.2 Å². The van der Waals surface area contributed by atoms with E-state index in [-0.39, 0.29) is 17.9 Å². The van der Waals surface area contributed by atoms with Crippen LogP contribution in [0.25, 0.3) is 0 Å². The Balaban J connectivity index is 2.04. The number of halogens is 1. The highest BCUT2D eigenvalue weighted by Crippen LogP contribution is 2.27. The van der Waals surface area contributed by atoms with Gasteiger partial charge in [-0.25, -0.2) is 0 Å². The minimum Gasteiger partial charge on any atom is -0.328 e. The SMILES string of the molecule is N#Cc1ccc(NC(=O)C2CCCC(N)C2)c(Cl)c1. The highest BCUT2D eigenvalue weighted by molar-refractivity contribution is 6.33. The van der Waals surface area contributed by atoms with E-state index in [0.29, 0.717) is 16.3 Å². The third-order valence-corrected chi connectivity index (χ3v) is 3.75. The van der Waals surface area contributed by atoms with Crippen LogP contribution in [0.15, 0.2) is 18.2 Å².